The second kappa shape index (κ2) is 9.12. The van der Waals surface area contributed by atoms with Crippen molar-refractivity contribution in [2.24, 2.45) is 5.16 Å². The Labute approximate surface area is 178 Å². The summed E-state index contributed by atoms with van der Waals surface area (Å²) in [5.41, 5.74) is 5.23. The summed E-state index contributed by atoms with van der Waals surface area (Å²) in [5, 5.41) is 14.3. The van der Waals surface area contributed by atoms with Crippen LogP contribution >= 0.6 is 0 Å². The van der Waals surface area contributed by atoms with E-state index in [0.29, 0.717) is 28.0 Å². The van der Waals surface area contributed by atoms with Gasteiger partial charge in [-0.2, -0.15) is 0 Å². The highest BCUT2D eigenvalue weighted by Crippen LogP contribution is 2.32. The summed E-state index contributed by atoms with van der Waals surface area (Å²) in [5.74, 6) is -0.219. The molecule has 0 amide bonds. The van der Waals surface area contributed by atoms with Crippen molar-refractivity contribution in [1.82, 2.24) is 0 Å². The molecule has 1 N–H and O–H groups in total. The molecule has 0 aliphatic heterocycles. The van der Waals surface area contributed by atoms with Crippen LogP contribution in [0.15, 0.2) is 65.8 Å². The standard InChI is InChI=1S/C24H22F3NO3/c1-15-4-6-18(7-5-15)14-30-28-17(3)21-13-23(29)16(2)12-22(21)19-8-10-20(11-9-19)31-24(25,26)27/h4-13,29H,14H2,1-3H3/b28-17+. The Kier molecular flexibility index (Phi) is 6.53. The first-order valence-corrected chi connectivity index (χ1v) is 9.54. The van der Waals surface area contributed by atoms with Crippen LogP contribution in [0, 0.1) is 13.8 Å². The maximum atomic E-state index is 12.4. The van der Waals surface area contributed by atoms with Crippen LogP contribution in [0.3, 0.4) is 0 Å². The molecule has 0 radical (unpaired) electrons. The van der Waals surface area contributed by atoms with Gasteiger partial charge in [0.05, 0.1) is 5.71 Å². The summed E-state index contributed by atoms with van der Waals surface area (Å²) in [6, 6.07) is 16.7. The minimum Gasteiger partial charge on any atom is -0.508 e. The number of hydrogen-bond donors (Lipinski definition) is 1. The van der Waals surface area contributed by atoms with Crippen molar-refractivity contribution in [3.05, 3.63) is 82.9 Å². The smallest absolute Gasteiger partial charge is 0.508 e. The highest BCUT2D eigenvalue weighted by molar-refractivity contribution is 6.04. The summed E-state index contributed by atoms with van der Waals surface area (Å²) < 4.78 is 41.2. The molecule has 0 saturated heterocycles. The van der Waals surface area contributed by atoms with E-state index < -0.39 is 6.36 Å². The fraction of sp³-hybridized carbons (Fsp3) is 0.208. The molecule has 4 nitrogen and oxygen atoms in total. The van der Waals surface area contributed by atoms with Crippen molar-refractivity contribution in [3.8, 4) is 22.6 Å². The molecule has 0 atom stereocenters. The van der Waals surface area contributed by atoms with Crippen molar-refractivity contribution in [3.63, 3.8) is 0 Å². The molecule has 0 heterocycles. The molecule has 3 aromatic carbocycles. The van der Waals surface area contributed by atoms with Gasteiger partial charge in [-0.1, -0.05) is 47.1 Å². The molecule has 3 aromatic rings. The van der Waals surface area contributed by atoms with E-state index in [1.54, 1.807) is 26.0 Å². The summed E-state index contributed by atoms with van der Waals surface area (Å²) in [7, 11) is 0. The molecule has 162 valence electrons. The quantitative estimate of drug-likeness (QED) is 0.359. The van der Waals surface area contributed by atoms with Crippen LogP contribution < -0.4 is 4.74 Å². The highest BCUT2D eigenvalue weighted by Gasteiger charge is 2.31. The lowest BCUT2D eigenvalue weighted by Gasteiger charge is -2.14. The molecule has 0 aliphatic rings. The van der Waals surface area contributed by atoms with E-state index in [9.17, 15) is 18.3 Å². The van der Waals surface area contributed by atoms with Gasteiger partial charge in [0.25, 0.3) is 0 Å². The number of phenolic OH excluding ortho intramolecular Hbond substituents is 1. The van der Waals surface area contributed by atoms with Crippen LogP contribution in [0.1, 0.15) is 29.2 Å². The van der Waals surface area contributed by atoms with Gasteiger partial charge in [-0.15, -0.1) is 13.2 Å². The van der Waals surface area contributed by atoms with Crippen molar-refractivity contribution in [2.75, 3.05) is 0 Å². The van der Waals surface area contributed by atoms with Crippen molar-refractivity contribution in [1.29, 1.82) is 0 Å². The van der Waals surface area contributed by atoms with Gasteiger partial charge in [-0.05, 0) is 67.3 Å². The summed E-state index contributed by atoms with van der Waals surface area (Å²) in [6.45, 7) is 5.77. The SMILES string of the molecule is C/C(=N\OCc1ccc(C)cc1)c1cc(O)c(C)cc1-c1ccc(OC(F)(F)F)cc1. The van der Waals surface area contributed by atoms with Crippen LogP contribution in [0.4, 0.5) is 13.2 Å². The van der Waals surface area contributed by atoms with E-state index in [1.165, 1.54) is 24.3 Å². The van der Waals surface area contributed by atoms with Crippen molar-refractivity contribution >= 4 is 5.71 Å². The number of oxime groups is 1. The first-order chi connectivity index (χ1) is 14.6. The van der Waals surface area contributed by atoms with Gasteiger partial charge in [0, 0.05) is 5.56 Å². The van der Waals surface area contributed by atoms with Gasteiger partial charge >= 0.3 is 6.36 Å². The molecular formula is C24H22F3NO3. The summed E-state index contributed by atoms with van der Waals surface area (Å²) in [4.78, 5) is 5.47. The number of rotatable bonds is 6. The van der Waals surface area contributed by atoms with Crippen LogP contribution in [0.2, 0.25) is 0 Å². The van der Waals surface area contributed by atoms with Crippen LogP contribution in [0.5, 0.6) is 11.5 Å². The lowest BCUT2D eigenvalue weighted by molar-refractivity contribution is -0.274. The second-order valence-corrected chi connectivity index (χ2v) is 7.19. The number of halogens is 3. The topological polar surface area (TPSA) is 51.0 Å². The Morgan fingerprint density at radius 3 is 2.23 bits per heavy atom. The Bertz CT molecular complexity index is 1070. The van der Waals surface area contributed by atoms with Gasteiger partial charge in [0.1, 0.15) is 18.1 Å². The number of ether oxygens (including phenoxy) is 1. The molecule has 31 heavy (non-hydrogen) atoms. The summed E-state index contributed by atoms with van der Waals surface area (Å²) >= 11 is 0. The Morgan fingerprint density at radius 2 is 1.61 bits per heavy atom. The molecule has 0 fully saturated rings. The zero-order valence-corrected chi connectivity index (χ0v) is 17.3. The average Bonchev–Trinajstić information content (AvgIpc) is 2.70. The first-order valence-electron chi connectivity index (χ1n) is 9.54. The minimum atomic E-state index is -4.75. The monoisotopic (exact) mass is 429 g/mol. The first kappa shape index (κ1) is 22.2. The van der Waals surface area contributed by atoms with E-state index in [-0.39, 0.29) is 18.1 Å². The fourth-order valence-electron chi connectivity index (χ4n) is 3.01. The third kappa shape index (κ3) is 6.01. The lowest BCUT2D eigenvalue weighted by atomic mass is 9.94. The number of aryl methyl sites for hydroxylation is 2. The zero-order valence-electron chi connectivity index (χ0n) is 17.3. The number of phenols is 1. The Morgan fingerprint density at radius 1 is 0.968 bits per heavy atom. The molecule has 0 aliphatic carbocycles. The molecule has 3 rings (SSSR count). The molecule has 7 heteroatoms. The highest BCUT2D eigenvalue weighted by atomic mass is 19.4. The van der Waals surface area contributed by atoms with E-state index in [0.717, 1.165) is 11.1 Å². The average molecular weight is 429 g/mol. The van der Waals surface area contributed by atoms with Gasteiger partial charge in [0.15, 0.2) is 0 Å². The summed E-state index contributed by atoms with van der Waals surface area (Å²) in [6.07, 6.45) is -4.75. The van der Waals surface area contributed by atoms with Crippen molar-refractivity contribution in [2.45, 2.75) is 33.7 Å². The molecule has 0 spiro atoms. The molecule has 0 unspecified atom stereocenters. The Balaban J connectivity index is 1.86. The van der Waals surface area contributed by atoms with Crippen LogP contribution in [-0.4, -0.2) is 17.2 Å². The van der Waals surface area contributed by atoms with E-state index in [1.807, 2.05) is 31.2 Å². The number of aromatic hydroxyl groups is 1. The predicted molar refractivity (Wildman–Crippen MR) is 113 cm³/mol. The molecular weight excluding hydrogens is 407 g/mol. The molecule has 0 saturated carbocycles. The van der Waals surface area contributed by atoms with E-state index >= 15 is 0 Å². The minimum absolute atomic E-state index is 0.0869. The van der Waals surface area contributed by atoms with Crippen LogP contribution in [0.25, 0.3) is 11.1 Å². The van der Waals surface area contributed by atoms with Gasteiger partial charge in [0.2, 0.25) is 0 Å². The van der Waals surface area contributed by atoms with Gasteiger partial charge < -0.3 is 14.7 Å². The van der Waals surface area contributed by atoms with Crippen LogP contribution in [-0.2, 0) is 11.4 Å². The van der Waals surface area contributed by atoms with Gasteiger partial charge in [-0.25, -0.2) is 0 Å². The maximum absolute atomic E-state index is 12.4. The predicted octanol–water partition coefficient (Wildman–Crippen LogP) is 6.52. The zero-order chi connectivity index (χ0) is 22.6. The number of alkyl halides is 3. The number of benzene rings is 3. The lowest BCUT2D eigenvalue weighted by Crippen LogP contribution is -2.16. The van der Waals surface area contributed by atoms with E-state index in [2.05, 4.69) is 9.89 Å². The fourth-order valence-corrected chi connectivity index (χ4v) is 3.01. The number of hydrogen-bond acceptors (Lipinski definition) is 4. The normalized spacial score (nSPS) is 12.0. The molecule has 0 aromatic heterocycles. The largest absolute Gasteiger partial charge is 0.573 e. The third-order valence-corrected chi connectivity index (χ3v) is 4.68. The van der Waals surface area contributed by atoms with E-state index in [4.69, 9.17) is 4.84 Å². The third-order valence-electron chi connectivity index (χ3n) is 4.68. The second-order valence-electron chi connectivity index (χ2n) is 7.19. The number of nitrogens with zero attached hydrogens (tertiary/aromatic N) is 1. The maximum Gasteiger partial charge on any atom is 0.573 e. The Hall–Kier alpha value is -3.48. The van der Waals surface area contributed by atoms with Gasteiger partial charge in [-0.3, -0.25) is 0 Å². The molecule has 0 bridgehead atoms. The van der Waals surface area contributed by atoms with Crippen molar-refractivity contribution < 1.29 is 27.9 Å².